The fraction of sp³-hybridized carbons (Fsp3) is 0.412. The molecule has 24 heavy (non-hydrogen) atoms. The van der Waals surface area contributed by atoms with Gasteiger partial charge in [0.15, 0.2) is 6.61 Å². The van der Waals surface area contributed by atoms with Gasteiger partial charge in [0.1, 0.15) is 6.54 Å². The highest BCUT2D eigenvalue weighted by Gasteiger charge is 2.36. The molecule has 2 rings (SSSR count). The summed E-state index contributed by atoms with van der Waals surface area (Å²) in [5.74, 6) is -2.05. The number of carbonyl (C=O) groups is 4. The summed E-state index contributed by atoms with van der Waals surface area (Å²) in [6, 6.07) is 6.30. The van der Waals surface area contributed by atoms with E-state index in [0.29, 0.717) is 0 Å². The van der Waals surface area contributed by atoms with Crippen molar-refractivity contribution in [2.24, 2.45) is 5.92 Å². The van der Waals surface area contributed by atoms with Crippen molar-refractivity contribution in [3.05, 3.63) is 35.4 Å². The van der Waals surface area contributed by atoms with Crippen molar-refractivity contribution in [3.63, 3.8) is 0 Å². The molecule has 0 saturated heterocycles. The highest BCUT2D eigenvalue weighted by atomic mass is 16.5. The van der Waals surface area contributed by atoms with E-state index in [0.717, 1.165) is 4.90 Å². The maximum Gasteiger partial charge on any atom is 0.326 e. The molecule has 7 heteroatoms. The molecule has 128 valence electrons. The molecule has 0 saturated carbocycles. The number of imide groups is 1. The lowest BCUT2D eigenvalue weighted by Crippen LogP contribution is -2.40. The largest absolute Gasteiger partial charge is 0.454 e. The minimum Gasteiger partial charge on any atom is -0.454 e. The standard InChI is InChI=1S/C17H20N2O5/c1-10(2)11(3)18-14(20)9-24-15(21)8-19-16(22)12-6-4-5-7-13(12)17(19)23/h4-7,10-11H,8-9H2,1-3H3,(H,18,20)/t11-/m0/s1. The van der Waals surface area contributed by atoms with E-state index in [2.05, 4.69) is 5.32 Å². The van der Waals surface area contributed by atoms with Crippen LogP contribution in [-0.2, 0) is 14.3 Å². The van der Waals surface area contributed by atoms with Crippen molar-refractivity contribution in [2.45, 2.75) is 26.8 Å². The van der Waals surface area contributed by atoms with Gasteiger partial charge >= 0.3 is 5.97 Å². The molecule has 1 aromatic rings. The molecule has 0 aromatic heterocycles. The molecule has 0 fully saturated rings. The fourth-order valence-corrected chi connectivity index (χ4v) is 2.17. The van der Waals surface area contributed by atoms with Crippen LogP contribution < -0.4 is 5.32 Å². The molecule has 1 N–H and O–H groups in total. The molecule has 0 radical (unpaired) electrons. The summed E-state index contributed by atoms with van der Waals surface area (Å²) in [5, 5.41) is 2.70. The second kappa shape index (κ2) is 7.25. The Hall–Kier alpha value is -2.70. The second-order valence-electron chi connectivity index (χ2n) is 6.00. The SMILES string of the molecule is CC(C)[C@H](C)NC(=O)COC(=O)CN1C(=O)c2ccccc2C1=O. The lowest BCUT2D eigenvalue weighted by Gasteiger charge is -2.17. The quantitative estimate of drug-likeness (QED) is 0.619. The third-order valence-corrected chi connectivity index (χ3v) is 3.92. The van der Waals surface area contributed by atoms with Crippen molar-refractivity contribution in [2.75, 3.05) is 13.2 Å². The Bertz CT molecular complexity index is 648. The number of ether oxygens (including phenoxy) is 1. The number of hydrogen-bond donors (Lipinski definition) is 1. The highest BCUT2D eigenvalue weighted by molar-refractivity contribution is 6.22. The Labute approximate surface area is 140 Å². The Morgan fingerprint density at radius 3 is 2.12 bits per heavy atom. The van der Waals surface area contributed by atoms with Crippen LogP contribution in [0.3, 0.4) is 0 Å². The minimum atomic E-state index is -0.808. The average Bonchev–Trinajstić information content (AvgIpc) is 2.78. The first-order valence-corrected chi connectivity index (χ1v) is 7.71. The van der Waals surface area contributed by atoms with E-state index in [4.69, 9.17) is 4.74 Å². The second-order valence-corrected chi connectivity index (χ2v) is 6.00. The molecule has 3 amide bonds. The van der Waals surface area contributed by atoms with E-state index in [9.17, 15) is 19.2 Å². The molecule has 0 aliphatic carbocycles. The van der Waals surface area contributed by atoms with Crippen LogP contribution >= 0.6 is 0 Å². The minimum absolute atomic E-state index is 0.0487. The van der Waals surface area contributed by atoms with Gasteiger partial charge in [0, 0.05) is 6.04 Å². The van der Waals surface area contributed by atoms with Crippen molar-refractivity contribution in [1.29, 1.82) is 0 Å². The normalized spacial score (nSPS) is 14.6. The predicted octanol–water partition coefficient (Wildman–Crippen LogP) is 0.986. The van der Waals surface area contributed by atoms with Crippen LogP contribution in [0.5, 0.6) is 0 Å². The number of amides is 3. The van der Waals surface area contributed by atoms with Gasteiger partial charge in [0.05, 0.1) is 11.1 Å². The first-order valence-electron chi connectivity index (χ1n) is 7.71. The van der Waals surface area contributed by atoms with Gasteiger partial charge in [0.25, 0.3) is 17.7 Å². The molecular weight excluding hydrogens is 312 g/mol. The number of rotatable bonds is 6. The van der Waals surface area contributed by atoms with Gasteiger partial charge in [-0.3, -0.25) is 24.1 Å². The summed E-state index contributed by atoms with van der Waals surface area (Å²) in [4.78, 5) is 48.5. The number of benzene rings is 1. The molecule has 1 atom stereocenters. The van der Waals surface area contributed by atoms with Gasteiger partial charge in [-0.2, -0.15) is 0 Å². The van der Waals surface area contributed by atoms with Crippen LogP contribution in [0.1, 0.15) is 41.5 Å². The van der Waals surface area contributed by atoms with E-state index < -0.39 is 36.8 Å². The molecule has 7 nitrogen and oxygen atoms in total. The summed E-state index contributed by atoms with van der Waals surface area (Å²) in [5.41, 5.74) is 0.526. The fourth-order valence-electron chi connectivity index (χ4n) is 2.17. The van der Waals surface area contributed by atoms with Crippen molar-refractivity contribution >= 4 is 23.7 Å². The average molecular weight is 332 g/mol. The van der Waals surface area contributed by atoms with Gasteiger partial charge < -0.3 is 10.1 Å². The molecule has 1 aromatic carbocycles. The van der Waals surface area contributed by atoms with Crippen LogP contribution in [0.15, 0.2) is 24.3 Å². The maximum absolute atomic E-state index is 12.1. The first-order chi connectivity index (χ1) is 11.3. The third kappa shape index (κ3) is 3.79. The summed E-state index contributed by atoms with van der Waals surface area (Å²) in [6.07, 6.45) is 0. The number of esters is 1. The molecule has 1 aliphatic heterocycles. The number of nitrogens with zero attached hydrogens (tertiary/aromatic N) is 1. The lowest BCUT2D eigenvalue weighted by molar-refractivity contribution is -0.148. The Morgan fingerprint density at radius 1 is 1.08 bits per heavy atom. The first kappa shape index (κ1) is 17.7. The van der Waals surface area contributed by atoms with Gasteiger partial charge in [-0.25, -0.2) is 0 Å². The molecule has 0 spiro atoms. The lowest BCUT2D eigenvalue weighted by atomic mass is 10.1. The molecule has 0 unspecified atom stereocenters. The monoisotopic (exact) mass is 332 g/mol. The van der Waals surface area contributed by atoms with Crippen molar-refractivity contribution < 1.29 is 23.9 Å². The van der Waals surface area contributed by atoms with E-state index >= 15 is 0 Å². The van der Waals surface area contributed by atoms with E-state index in [-0.39, 0.29) is 23.1 Å². The van der Waals surface area contributed by atoms with Crippen molar-refractivity contribution in [3.8, 4) is 0 Å². The van der Waals surface area contributed by atoms with Crippen LogP contribution in [0.2, 0.25) is 0 Å². The van der Waals surface area contributed by atoms with Gasteiger partial charge in [-0.1, -0.05) is 26.0 Å². The zero-order chi connectivity index (χ0) is 17.9. The van der Waals surface area contributed by atoms with Gasteiger partial charge in [-0.15, -0.1) is 0 Å². The third-order valence-electron chi connectivity index (χ3n) is 3.92. The number of hydrogen-bond acceptors (Lipinski definition) is 5. The molecule has 0 bridgehead atoms. The summed E-state index contributed by atoms with van der Waals surface area (Å²) in [6.45, 7) is 4.81. The Kier molecular flexibility index (Phi) is 5.33. The van der Waals surface area contributed by atoms with Crippen LogP contribution in [0.4, 0.5) is 0 Å². The Balaban J connectivity index is 1.87. The van der Waals surface area contributed by atoms with E-state index in [1.807, 2.05) is 20.8 Å². The molecule has 1 aliphatic rings. The summed E-state index contributed by atoms with van der Waals surface area (Å²) >= 11 is 0. The van der Waals surface area contributed by atoms with Crippen molar-refractivity contribution in [1.82, 2.24) is 10.2 Å². The highest BCUT2D eigenvalue weighted by Crippen LogP contribution is 2.22. The molecular formula is C17H20N2O5. The smallest absolute Gasteiger partial charge is 0.326 e. The summed E-state index contributed by atoms with van der Waals surface area (Å²) in [7, 11) is 0. The molecule has 1 heterocycles. The van der Waals surface area contributed by atoms with Crippen LogP contribution in [0, 0.1) is 5.92 Å². The van der Waals surface area contributed by atoms with Gasteiger partial charge in [-0.05, 0) is 25.0 Å². The van der Waals surface area contributed by atoms with Gasteiger partial charge in [0.2, 0.25) is 0 Å². The van der Waals surface area contributed by atoms with Crippen LogP contribution in [-0.4, -0.2) is 47.8 Å². The number of nitrogens with one attached hydrogen (secondary N) is 1. The number of fused-ring (bicyclic) bond motifs is 1. The zero-order valence-electron chi connectivity index (χ0n) is 13.9. The predicted molar refractivity (Wildman–Crippen MR) is 85.2 cm³/mol. The topological polar surface area (TPSA) is 92.8 Å². The maximum atomic E-state index is 12.1. The van der Waals surface area contributed by atoms with E-state index in [1.165, 1.54) is 12.1 Å². The van der Waals surface area contributed by atoms with E-state index in [1.54, 1.807) is 12.1 Å². The Morgan fingerprint density at radius 2 is 1.62 bits per heavy atom. The summed E-state index contributed by atoms with van der Waals surface area (Å²) < 4.78 is 4.84. The van der Waals surface area contributed by atoms with Crippen LogP contribution in [0.25, 0.3) is 0 Å². The zero-order valence-corrected chi connectivity index (χ0v) is 13.9. The number of carbonyl (C=O) groups excluding carboxylic acids is 4.